The zero-order valence-electron chi connectivity index (χ0n) is 11.4. The van der Waals surface area contributed by atoms with E-state index in [1.165, 1.54) is 25.7 Å². The van der Waals surface area contributed by atoms with E-state index >= 15 is 0 Å². The maximum absolute atomic E-state index is 12.3. The largest absolute Gasteiger partial charge is 0.312 e. The molecule has 0 bridgehead atoms. The minimum atomic E-state index is -3.29. The molecular formula is C15H20ClNO2S. The number of sulfone groups is 1. The zero-order valence-corrected chi connectivity index (χ0v) is 13.0. The van der Waals surface area contributed by atoms with E-state index in [4.69, 9.17) is 11.6 Å². The molecule has 0 radical (unpaired) electrons. The van der Waals surface area contributed by atoms with Crippen molar-refractivity contribution in [3.8, 4) is 0 Å². The first kappa shape index (κ1) is 14.4. The predicted molar refractivity (Wildman–Crippen MR) is 80.7 cm³/mol. The van der Waals surface area contributed by atoms with Crippen molar-refractivity contribution in [2.75, 3.05) is 12.3 Å². The monoisotopic (exact) mass is 313 g/mol. The molecule has 2 aliphatic carbocycles. The van der Waals surface area contributed by atoms with Gasteiger partial charge in [0, 0.05) is 12.6 Å². The van der Waals surface area contributed by atoms with Gasteiger partial charge in [-0.05, 0) is 49.7 Å². The number of hydrogen-bond donors (Lipinski definition) is 1. The molecule has 0 amide bonds. The Hall–Kier alpha value is -0.580. The molecule has 0 spiro atoms. The lowest BCUT2D eigenvalue weighted by Crippen LogP contribution is -2.36. The molecule has 1 aromatic rings. The molecule has 5 heteroatoms. The summed E-state index contributed by atoms with van der Waals surface area (Å²) in [5.74, 6) is 1.68. The molecule has 0 atom stereocenters. The highest BCUT2D eigenvalue weighted by Gasteiger charge is 2.41. The van der Waals surface area contributed by atoms with E-state index in [1.54, 1.807) is 24.3 Å². The van der Waals surface area contributed by atoms with Gasteiger partial charge in [-0.25, -0.2) is 8.42 Å². The molecule has 3 nitrogen and oxygen atoms in total. The van der Waals surface area contributed by atoms with Gasteiger partial charge < -0.3 is 5.32 Å². The minimum Gasteiger partial charge on any atom is -0.312 e. The van der Waals surface area contributed by atoms with Crippen molar-refractivity contribution in [1.82, 2.24) is 5.32 Å². The topological polar surface area (TPSA) is 46.2 Å². The summed E-state index contributed by atoms with van der Waals surface area (Å²) in [6, 6.07) is 7.20. The van der Waals surface area contributed by atoms with Crippen molar-refractivity contribution in [3.63, 3.8) is 0 Å². The Morgan fingerprint density at radius 3 is 2.30 bits per heavy atom. The Balaban J connectivity index is 1.58. The van der Waals surface area contributed by atoms with Crippen LogP contribution in [0.1, 0.15) is 25.7 Å². The molecule has 1 N–H and O–H groups in total. The van der Waals surface area contributed by atoms with E-state index in [0.29, 0.717) is 17.6 Å². The Labute approximate surface area is 125 Å². The number of rotatable bonds is 7. The van der Waals surface area contributed by atoms with Crippen molar-refractivity contribution < 1.29 is 8.42 Å². The molecule has 2 aliphatic rings. The molecule has 0 unspecified atom stereocenters. The smallest absolute Gasteiger partial charge is 0.181 e. The van der Waals surface area contributed by atoms with Crippen LogP contribution < -0.4 is 5.32 Å². The summed E-state index contributed by atoms with van der Waals surface area (Å²) < 4.78 is 24.6. The Kier molecular flexibility index (Phi) is 4.07. The average Bonchev–Trinajstić information content (AvgIpc) is 3.27. The highest BCUT2D eigenvalue weighted by molar-refractivity contribution is 7.91. The second-order valence-electron chi connectivity index (χ2n) is 5.90. The lowest BCUT2D eigenvalue weighted by atomic mass is 10.1. The maximum Gasteiger partial charge on any atom is 0.181 e. The predicted octanol–water partition coefficient (Wildman–Crippen LogP) is 2.89. The van der Waals surface area contributed by atoms with Gasteiger partial charge in [0.2, 0.25) is 0 Å². The van der Waals surface area contributed by atoms with Gasteiger partial charge in [0.15, 0.2) is 9.84 Å². The summed E-state index contributed by atoms with van der Waals surface area (Å²) >= 11 is 5.97. The van der Waals surface area contributed by atoms with Gasteiger partial charge in [0.05, 0.1) is 15.7 Å². The fourth-order valence-electron chi connectivity index (χ4n) is 2.80. The third kappa shape index (κ3) is 3.35. The van der Waals surface area contributed by atoms with Crippen LogP contribution in [-0.4, -0.2) is 26.8 Å². The van der Waals surface area contributed by atoms with Gasteiger partial charge in [-0.2, -0.15) is 0 Å². The molecule has 20 heavy (non-hydrogen) atoms. The maximum atomic E-state index is 12.3. The number of hydrogen-bond acceptors (Lipinski definition) is 3. The quantitative estimate of drug-likeness (QED) is 0.842. The summed E-state index contributed by atoms with van der Waals surface area (Å²) in [6.07, 6.45) is 5.19. The lowest BCUT2D eigenvalue weighted by Gasteiger charge is -2.17. The molecule has 110 valence electrons. The summed E-state index contributed by atoms with van der Waals surface area (Å²) in [5, 5.41) is 3.78. The average molecular weight is 314 g/mol. The zero-order chi connectivity index (χ0) is 14.2. The van der Waals surface area contributed by atoms with Crippen molar-refractivity contribution in [2.45, 2.75) is 36.6 Å². The molecule has 1 aromatic carbocycles. The Bertz CT molecular complexity index is 567. The van der Waals surface area contributed by atoms with E-state index in [9.17, 15) is 8.42 Å². The third-order valence-electron chi connectivity index (χ3n) is 4.18. The van der Waals surface area contributed by atoms with Crippen LogP contribution >= 0.6 is 11.6 Å². The normalized spacial score (nSPS) is 19.5. The molecule has 2 saturated carbocycles. The first-order valence-electron chi connectivity index (χ1n) is 7.28. The van der Waals surface area contributed by atoms with Crippen LogP contribution in [0.5, 0.6) is 0 Å². The van der Waals surface area contributed by atoms with E-state index in [2.05, 4.69) is 5.32 Å². The van der Waals surface area contributed by atoms with E-state index < -0.39 is 9.84 Å². The van der Waals surface area contributed by atoms with Crippen molar-refractivity contribution in [1.29, 1.82) is 0 Å². The summed E-state index contributed by atoms with van der Waals surface area (Å²) in [7, 11) is -3.29. The molecular weight excluding hydrogens is 294 g/mol. The standard InChI is InChI=1S/C15H20ClNO2S/c16-13-3-1-2-4-14(13)20(18,19)10-9-17-15(11-5-6-11)12-7-8-12/h1-4,11-12,15,17H,5-10H2. The second-order valence-corrected chi connectivity index (χ2v) is 8.39. The molecule has 0 heterocycles. The Morgan fingerprint density at radius 1 is 1.15 bits per heavy atom. The summed E-state index contributed by atoms with van der Waals surface area (Å²) in [5.41, 5.74) is 0. The number of benzene rings is 1. The lowest BCUT2D eigenvalue weighted by molar-refractivity contribution is 0.427. The van der Waals surface area contributed by atoms with Gasteiger partial charge >= 0.3 is 0 Å². The fraction of sp³-hybridized carbons (Fsp3) is 0.600. The van der Waals surface area contributed by atoms with Gasteiger partial charge in [-0.1, -0.05) is 23.7 Å². The molecule has 0 aromatic heterocycles. The first-order valence-corrected chi connectivity index (χ1v) is 9.31. The van der Waals surface area contributed by atoms with Crippen LogP contribution in [0.2, 0.25) is 5.02 Å². The van der Waals surface area contributed by atoms with E-state index in [-0.39, 0.29) is 10.6 Å². The van der Waals surface area contributed by atoms with Crippen LogP contribution in [0.4, 0.5) is 0 Å². The first-order chi connectivity index (χ1) is 9.58. The van der Waals surface area contributed by atoms with Gasteiger partial charge in [-0.3, -0.25) is 0 Å². The third-order valence-corrected chi connectivity index (χ3v) is 6.39. The van der Waals surface area contributed by atoms with E-state index in [1.807, 2.05) is 0 Å². The molecule has 0 aliphatic heterocycles. The van der Waals surface area contributed by atoms with Crippen LogP contribution in [0.25, 0.3) is 0 Å². The minimum absolute atomic E-state index is 0.118. The van der Waals surface area contributed by atoms with E-state index in [0.717, 1.165) is 11.8 Å². The number of nitrogens with one attached hydrogen (secondary N) is 1. The second kappa shape index (κ2) is 5.66. The molecule has 0 saturated heterocycles. The summed E-state index contributed by atoms with van der Waals surface area (Å²) in [4.78, 5) is 0.248. The van der Waals surface area contributed by atoms with Crippen molar-refractivity contribution >= 4 is 21.4 Å². The van der Waals surface area contributed by atoms with Crippen molar-refractivity contribution in [3.05, 3.63) is 29.3 Å². The van der Waals surface area contributed by atoms with Crippen LogP contribution in [0.3, 0.4) is 0 Å². The van der Waals surface area contributed by atoms with Crippen LogP contribution in [0.15, 0.2) is 29.2 Å². The number of halogens is 1. The van der Waals surface area contributed by atoms with Crippen molar-refractivity contribution in [2.24, 2.45) is 11.8 Å². The SMILES string of the molecule is O=S(=O)(CCNC(C1CC1)C1CC1)c1ccccc1Cl. The van der Waals surface area contributed by atoms with Crippen LogP contribution in [-0.2, 0) is 9.84 Å². The highest BCUT2D eigenvalue weighted by atomic mass is 35.5. The summed E-state index contributed by atoms with van der Waals surface area (Å²) in [6.45, 7) is 0.519. The highest BCUT2D eigenvalue weighted by Crippen LogP contribution is 2.44. The van der Waals surface area contributed by atoms with Crippen LogP contribution in [0, 0.1) is 11.8 Å². The van der Waals surface area contributed by atoms with Gasteiger partial charge in [0.1, 0.15) is 0 Å². The fourth-order valence-corrected chi connectivity index (χ4v) is 4.54. The molecule has 2 fully saturated rings. The molecule has 3 rings (SSSR count). The van der Waals surface area contributed by atoms with Gasteiger partial charge in [0.25, 0.3) is 0 Å². The van der Waals surface area contributed by atoms with Gasteiger partial charge in [-0.15, -0.1) is 0 Å². The Morgan fingerprint density at radius 2 is 1.75 bits per heavy atom.